The largest absolute Gasteiger partial charge is 0.389 e. The molecule has 0 aliphatic rings. The third kappa shape index (κ3) is 2.54. The van der Waals surface area contributed by atoms with Gasteiger partial charge in [-0.1, -0.05) is 12.1 Å². The van der Waals surface area contributed by atoms with Crippen LogP contribution in [-0.4, -0.2) is 19.6 Å². The van der Waals surface area contributed by atoms with Crippen molar-refractivity contribution in [2.24, 2.45) is 0 Å². The van der Waals surface area contributed by atoms with Gasteiger partial charge in [-0.05, 0) is 4.92 Å². The zero-order valence-corrected chi connectivity index (χ0v) is 9.39. The molecule has 0 aliphatic heterocycles. The van der Waals surface area contributed by atoms with Crippen LogP contribution in [-0.2, 0) is 6.54 Å². The van der Waals surface area contributed by atoms with Gasteiger partial charge >= 0.3 is 11.5 Å². The number of nitro benzene ring substituents is 1. The topological polar surface area (TPSA) is 104 Å². The van der Waals surface area contributed by atoms with Crippen molar-refractivity contribution in [2.75, 3.05) is 0 Å². The molecule has 0 saturated carbocycles. The molecule has 2 rings (SSSR count). The van der Waals surface area contributed by atoms with E-state index in [0.717, 1.165) is 16.8 Å². The lowest BCUT2D eigenvalue weighted by atomic mass is 10.2. The fourth-order valence-electron chi connectivity index (χ4n) is 1.54. The highest BCUT2D eigenvalue weighted by molar-refractivity contribution is 5.36. The van der Waals surface area contributed by atoms with E-state index in [0.29, 0.717) is 0 Å². The number of hydrogen-bond donors (Lipinski definition) is 0. The number of nitrogens with zero attached hydrogens (tertiary/aromatic N) is 4. The van der Waals surface area contributed by atoms with Crippen molar-refractivity contribution in [3.8, 4) is 0 Å². The summed E-state index contributed by atoms with van der Waals surface area (Å²) in [6, 6.07) is 4.91. The zero-order valence-electron chi connectivity index (χ0n) is 9.39. The van der Waals surface area contributed by atoms with Gasteiger partial charge in [-0.15, -0.1) is 0 Å². The molecular formula is C10H7FN4O4. The molecule has 9 heteroatoms. The summed E-state index contributed by atoms with van der Waals surface area (Å²) in [5, 5.41) is 24.6. The predicted molar refractivity (Wildman–Crippen MR) is 61.0 cm³/mol. The Morgan fingerprint density at radius 2 is 1.95 bits per heavy atom. The summed E-state index contributed by atoms with van der Waals surface area (Å²) < 4.78 is 14.9. The van der Waals surface area contributed by atoms with Crippen LogP contribution in [0.5, 0.6) is 0 Å². The number of halogens is 1. The van der Waals surface area contributed by atoms with E-state index in [9.17, 15) is 24.6 Å². The normalized spacial score (nSPS) is 10.4. The molecule has 0 atom stereocenters. The molecule has 0 spiro atoms. The van der Waals surface area contributed by atoms with E-state index in [1.54, 1.807) is 0 Å². The van der Waals surface area contributed by atoms with Gasteiger partial charge < -0.3 is 10.1 Å². The maximum atomic E-state index is 13.8. The first-order chi connectivity index (χ1) is 8.99. The molecule has 0 radical (unpaired) electrons. The standard InChI is InChI=1S/C10H7FN4O4/c11-10-7(2-1-3-8(10)14(16)17)6-13-5-4-9(12-13)15(18)19/h1-5H,6H2. The highest BCUT2D eigenvalue weighted by Gasteiger charge is 2.19. The van der Waals surface area contributed by atoms with Crippen LogP contribution in [0.25, 0.3) is 0 Å². The van der Waals surface area contributed by atoms with Crippen LogP contribution in [0, 0.1) is 26.0 Å². The molecule has 1 aromatic carbocycles. The SMILES string of the molecule is O=[N+]([O-])c1ccn(Cc2cccc([N+](=O)[O-])c2F)n1. The summed E-state index contributed by atoms with van der Waals surface area (Å²) in [5.74, 6) is -1.34. The average molecular weight is 266 g/mol. The summed E-state index contributed by atoms with van der Waals surface area (Å²) >= 11 is 0. The summed E-state index contributed by atoms with van der Waals surface area (Å²) in [6.45, 7) is -0.124. The van der Waals surface area contributed by atoms with Crippen LogP contribution in [0.2, 0.25) is 0 Å². The molecule has 8 nitrogen and oxygen atoms in total. The lowest BCUT2D eigenvalue weighted by Gasteiger charge is -2.01. The minimum Gasteiger partial charge on any atom is -0.358 e. The summed E-state index contributed by atoms with van der Waals surface area (Å²) in [6.07, 6.45) is 1.30. The lowest BCUT2D eigenvalue weighted by Crippen LogP contribution is -2.05. The van der Waals surface area contributed by atoms with E-state index in [1.165, 1.54) is 18.3 Å². The van der Waals surface area contributed by atoms with Gasteiger partial charge in [0, 0.05) is 11.6 Å². The molecule has 0 aliphatic carbocycles. The van der Waals surface area contributed by atoms with Crippen LogP contribution < -0.4 is 0 Å². The summed E-state index contributed by atoms with van der Waals surface area (Å²) in [4.78, 5) is 19.5. The monoisotopic (exact) mass is 266 g/mol. The Balaban J connectivity index is 2.30. The van der Waals surface area contributed by atoms with Gasteiger partial charge in [-0.25, -0.2) is 0 Å². The maximum absolute atomic E-state index is 13.8. The second kappa shape index (κ2) is 4.80. The van der Waals surface area contributed by atoms with Gasteiger partial charge in [0.2, 0.25) is 5.82 Å². The Hall–Kier alpha value is -2.84. The first kappa shape index (κ1) is 12.6. The minimum atomic E-state index is -0.967. The molecule has 1 heterocycles. The third-order valence-electron chi connectivity index (χ3n) is 2.40. The van der Waals surface area contributed by atoms with Crippen molar-refractivity contribution in [3.05, 3.63) is 62.1 Å². The van der Waals surface area contributed by atoms with E-state index < -0.39 is 21.4 Å². The van der Waals surface area contributed by atoms with Gasteiger partial charge in [-0.2, -0.15) is 9.07 Å². The van der Waals surface area contributed by atoms with Crippen LogP contribution in [0.1, 0.15) is 5.56 Å². The van der Waals surface area contributed by atoms with Gasteiger partial charge in [0.15, 0.2) is 0 Å². The molecular weight excluding hydrogens is 259 g/mol. The molecule has 19 heavy (non-hydrogen) atoms. The molecule has 0 amide bonds. The van der Waals surface area contributed by atoms with Crippen LogP contribution in [0.4, 0.5) is 15.9 Å². The first-order valence-corrected chi connectivity index (χ1v) is 5.08. The van der Waals surface area contributed by atoms with Crippen molar-refractivity contribution in [2.45, 2.75) is 6.54 Å². The van der Waals surface area contributed by atoms with Gasteiger partial charge in [-0.3, -0.25) is 10.1 Å². The highest BCUT2D eigenvalue weighted by Crippen LogP contribution is 2.21. The first-order valence-electron chi connectivity index (χ1n) is 5.08. The Labute approximate surface area is 105 Å². The zero-order chi connectivity index (χ0) is 14.0. The van der Waals surface area contributed by atoms with Crippen molar-refractivity contribution < 1.29 is 14.2 Å². The second-order valence-electron chi connectivity index (χ2n) is 3.64. The fourth-order valence-corrected chi connectivity index (χ4v) is 1.54. The number of aromatic nitrogens is 2. The van der Waals surface area contributed by atoms with E-state index >= 15 is 0 Å². The minimum absolute atomic E-state index is 0.0344. The molecule has 98 valence electrons. The molecule has 1 aromatic heterocycles. The quantitative estimate of drug-likeness (QED) is 0.620. The van der Waals surface area contributed by atoms with Crippen LogP contribution in [0.15, 0.2) is 30.5 Å². The number of benzene rings is 1. The molecule has 0 bridgehead atoms. The van der Waals surface area contributed by atoms with E-state index in [2.05, 4.69) is 5.10 Å². The highest BCUT2D eigenvalue weighted by atomic mass is 19.1. The Bertz CT molecular complexity index is 655. The third-order valence-corrected chi connectivity index (χ3v) is 2.40. The Morgan fingerprint density at radius 3 is 2.53 bits per heavy atom. The molecule has 0 N–H and O–H groups in total. The smallest absolute Gasteiger partial charge is 0.358 e. The summed E-state index contributed by atoms with van der Waals surface area (Å²) in [5.41, 5.74) is -0.605. The lowest BCUT2D eigenvalue weighted by molar-refractivity contribution is -0.389. The molecule has 0 unspecified atom stereocenters. The van der Waals surface area contributed by atoms with Crippen molar-refractivity contribution >= 4 is 11.5 Å². The average Bonchev–Trinajstić information content (AvgIpc) is 2.80. The number of nitro groups is 2. The van der Waals surface area contributed by atoms with Gasteiger partial charge in [0.1, 0.15) is 0 Å². The van der Waals surface area contributed by atoms with E-state index in [4.69, 9.17) is 0 Å². The number of rotatable bonds is 4. The van der Waals surface area contributed by atoms with E-state index in [1.807, 2.05) is 0 Å². The summed E-state index contributed by atoms with van der Waals surface area (Å²) in [7, 11) is 0. The Kier molecular flexibility index (Phi) is 3.19. The van der Waals surface area contributed by atoms with E-state index in [-0.39, 0.29) is 17.9 Å². The number of hydrogen-bond acceptors (Lipinski definition) is 5. The van der Waals surface area contributed by atoms with Crippen molar-refractivity contribution in [1.82, 2.24) is 9.78 Å². The fraction of sp³-hybridized carbons (Fsp3) is 0.100. The Morgan fingerprint density at radius 1 is 1.21 bits per heavy atom. The van der Waals surface area contributed by atoms with Gasteiger partial charge in [0.25, 0.3) is 0 Å². The van der Waals surface area contributed by atoms with Crippen molar-refractivity contribution in [3.63, 3.8) is 0 Å². The van der Waals surface area contributed by atoms with Crippen molar-refractivity contribution in [1.29, 1.82) is 0 Å². The molecule has 2 aromatic rings. The molecule has 0 fully saturated rings. The van der Waals surface area contributed by atoms with Crippen LogP contribution >= 0.6 is 0 Å². The second-order valence-corrected chi connectivity index (χ2v) is 3.64. The van der Waals surface area contributed by atoms with Crippen LogP contribution in [0.3, 0.4) is 0 Å². The van der Waals surface area contributed by atoms with Gasteiger partial charge in [0.05, 0.1) is 28.8 Å². The predicted octanol–water partition coefficient (Wildman–Crippen LogP) is 1.89. The molecule has 0 saturated heterocycles. The maximum Gasteiger partial charge on any atom is 0.389 e.